The Morgan fingerprint density at radius 3 is 3.00 bits per heavy atom. The van der Waals surface area contributed by atoms with Crippen LogP contribution in [0, 0.1) is 11.3 Å². The Morgan fingerprint density at radius 2 is 2.17 bits per heavy atom. The van der Waals surface area contributed by atoms with Crippen molar-refractivity contribution in [3.8, 4) is 0 Å². The molecule has 0 radical (unpaired) electrons. The molecule has 0 saturated carbocycles. The maximum Gasteiger partial charge on any atom is 0.0947 e. The van der Waals surface area contributed by atoms with Crippen LogP contribution in [0.3, 0.4) is 0 Å². The van der Waals surface area contributed by atoms with Gasteiger partial charge in [-0.15, -0.1) is 0 Å². The Bertz CT molecular complexity index is 616. The van der Waals surface area contributed by atoms with Gasteiger partial charge in [0, 0.05) is 48.9 Å². The SMILES string of the molecule is c1cc(COC[C@]23COC[C@H]2CN(Cc2ccoc2)C3)ccn1. The van der Waals surface area contributed by atoms with Crippen LogP contribution in [-0.2, 0) is 22.6 Å². The van der Waals surface area contributed by atoms with Crippen molar-refractivity contribution in [3.63, 3.8) is 0 Å². The first-order valence-electron chi connectivity index (χ1n) is 8.12. The zero-order valence-electron chi connectivity index (χ0n) is 13.2. The predicted molar refractivity (Wildman–Crippen MR) is 84.6 cm³/mol. The van der Waals surface area contributed by atoms with E-state index in [4.69, 9.17) is 13.9 Å². The monoisotopic (exact) mass is 314 g/mol. The third-order valence-corrected chi connectivity index (χ3v) is 4.99. The molecule has 0 bridgehead atoms. The second-order valence-corrected chi connectivity index (χ2v) is 6.72. The Labute approximate surface area is 136 Å². The van der Waals surface area contributed by atoms with Crippen LogP contribution in [-0.4, -0.2) is 42.8 Å². The summed E-state index contributed by atoms with van der Waals surface area (Å²) in [6.07, 6.45) is 7.18. The van der Waals surface area contributed by atoms with Gasteiger partial charge in [-0.25, -0.2) is 0 Å². The van der Waals surface area contributed by atoms with E-state index in [-0.39, 0.29) is 5.41 Å². The molecule has 0 N–H and O–H groups in total. The molecule has 0 unspecified atom stereocenters. The Kier molecular flexibility index (Phi) is 4.16. The highest BCUT2D eigenvalue weighted by Gasteiger charge is 2.50. The summed E-state index contributed by atoms with van der Waals surface area (Å²) in [7, 11) is 0. The number of hydrogen-bond acceptors (Lipinski definition) is 5. The topological polar surface area (TPSA) is 47.7 Å². The minimum Gasteiger partial charge on any atom is -0.472 e. The molecular formula is C18H22N2O3. The Morgan fingerprint density at radius 1 is 1.26 bits per heavy atom. The fraction of sp³-hybridized carbons (Fsp3) is 0.500. The van der Waals surface area contributed by atoms with E-state index in [1.165, 1.54) is 11.1 Å². The molecule has 122 valence electrons. The van der Waals surface area contributed by atoms with Gasteiger partial charge in [-0.1, -0.05) is 0 Å². The fourth-order valence-corrected chi connectivity index (χ4v) is 3.76. The zero-order valence-corrected chi connectivity index (χ0v) is 13.2. The van der Waals surface area contributed by atoms with E-state index < -0.39 is 0 Å². The second kappa shape index (κ2) is 6.43. The van der Waals surface area contributed by atoms with Crippen molar-refractivity contribution in [1.82, 2.24) is 9.88 Å². The molecule has 2 fully saturated rings. The summed E-state index contributed by atoms with van der Waals surface area (Å²) in [4.78, 5) is 6.53. The minimum atomic E-state index is 0.136. The first-order chi connectivity index (χ1) is 11.3. The first-order valence-corrected chi connectivity index (χ1v) is 8.12. The molecule has 2 atom stereocenters. The van der Waals surface area contributed by atoms with Gasteiger partial charge >= 0.3 is 0 Å². The molecule has 0 amide bonds. The average Bonchev–Trinajstić information content (AvgIpc) is 3.25. The van der Waals surface area contributed by atoms with Crippen LogP contribution in [0.5, 0.6) is 0 Å². The Hall–Kier alpha value is -1.69. The van der Waals surface area contributed by atoms with Gasteiger partial charge in [0.2, 0.25) is 0 Å². The summed E-state index contributed by atoms with van der Waals surface area (Å²) in [6.45, 7) is 6.08. The first kappa shape index (κ1) is 14.9. The number of furan rings is 1. The van der Waals surface area contributed by atoms with Crippen molar-refractivity contribution >= 4 is 0 Å². The highest BCUT2D eigenvalue weighted by molar-refractivity contribution is 5.09. The molecule has 2 saturated heterocycles. The summed E-state index contributed by atoms with van der Waals surface area (Å²) < 4.78 is 17.0. The minimum absolute atomic E-state index is 0.136. The molecule has 5 heteroatoms. The third-order valence-electron chi connectivity index (χ3n) is 4.99. The van der Waals surface area contributed by atoms with Crippen LogP contribution in [0.2, 0.25) is 0 Å². The number of ether oxygens (including phenoxy) is 2. The lowest BCUT2D eigenvalue weighted by Crippen LogP contribution is -2.35. The molecule has 5 nitrogen and oxygen atoms in total. The summed E-state index contributed by atoms with van der Waals surface area (Å²) in [5.41, 5.74) is 2.54. The molecule has 2 aromatic heterocycles. The van der Waals surface area contributed by atoms with Crippen LogP contribution < -0.4 is 0 Å². The van der Waals surface area contributed by atoms with Crippen LogP contribution >= 0.6 is 0 Å². The van der Waals surface area contributed by atoms with Gasteiger partial charge in [0.25, 0.3) is 0 Å². The van der Waals surface area contributed by atoms with Crippen LogP contribution in [0.15, 0.2) is 47.5 Å². The number of aromatic nitrogens is 1. The quantitative estimate of drug-likeness (QED) is 0.819. The summed E-state index contributed by atoms with van der Waals surface area (Å²) in [5.74, 6) is 0.562. The van der Waals surface area contributed by atoms with Gasteiger partial charge in [-0.05, 0) is 23.8 Å². The lowest BCUT2D eigenvalue weighted by atomic mass is 9.82. The number of rotatable bonds is 6. The van der Waals surface area contributed by atoms with Crippen LogP contribution in [0.25, 0.3) is 0 Å². The number of likely N-dealkylation sites (tertiary alicyclic amines) is 1. The van der Waals surface area contributed by atoms with E-state index in [9.17, 15) is 0 Å². The van der Waals surface area contributed by atoms with Gasteiger partial charge in [-0.2, -0.15) is 0 Å². The summed E-state index contributed by atoms with van der Waals surface area (Å²) in [6, 6.07) is 6.04. The van der Waals surface area contributed by atoms with E-state index in [1.54, 1.807) is 18.7 Å². The Balaban J connectivity index is 1.35. The summed E-state index contributed by atoms with van der Waals surface area (Å²) >= 11 is 0. The molecule has 4 rings (SSSR count). The number of nitrogens with zero attached hydrogens (tertiary/aromatic N) is 2. The lowest BCUT2D eigenvalue weighted by molar-refractivity contribution is 0.0182. The highest BCUT2D eigenvalue weighted by Crippen LogP contribution is 2.42. The lowest BCUT2D eigenvalue weighted by Gasteiger charge is -2.27. The molecule has 2 aliphatic rings. The standard InChI is InChI=1S/C18H22N2O3/c1-4-19-5-2-15(1)9-22-13-18-12-20(7-16-3-6-21-10-16)8-17(18)11-23-14-18/h1-6,10,17H,7-9,11-14H2/t17-,18-/m1/s1. The van der Waals surface area contributed by atoms with E-state index in [1.807, 2.05) is 24.5 Å². The molecule has 23 heavy (non-hydrogen) atoms. The highest BCUT2D eigenvalue weighted by atomic mass is 16.5. The van der Waals surface area contributed by atoms with E-state index in [0.29, 0.717) is 12.5 Å². The van der Waals surface area contributed by atoms with Gasteiger partial charge < -0.3 is 13.9 Å². The van der Waals surface area contributed by atoms with Crippen molar-refractivity contribution in [3.05, 3.63) is 54.2 Å². The molecule has 2 aromatic rings. The van der Waals surface area contributed by atoms with Gasteiger partial charge in [0.1, 0.15) is 0 Å². The summed E-state index contributed by atoms with van der Waals surface area (Å²) in [5, 5.41) is 0. The molecular weight excluding hydrogens is 292 g/mol. The number of pyridine rings is 1. The van der Waals surface area contributed by atoms with Gasteiger partial charge in [0.05, 0.1) is 39.0 Å². The second-order valence-electron chi connectivity index (χ2n) is 6.72. The number of fused-ring (bicyclic) bond motifs is 1. The molecule has 0 spiro atoms. The maximum absolute atomic E-state index is 6.04. The normalized spacial score (nSPS) is 27.4. The van der Waals surface area contributed by atoms with Crippen molar-refractivity contribution in [2.75, 3.05) is 32.9 Å². The third kappa shape index (κ3) is 3.17. The van der Waals surface area contributed by atoms with Crippen molar-refractivity contribution in [1.29, 1.82) is 0 Å². The smallest absolute Gasteiger partial charge is 0.0947 e. The van der Waals surface area contributed by atoms with E-state index >= 15 is 0 Å². The van der Waals surface area contributed by atoms with Crippen molar-refractivity contribution in [2.24, 2.45) is 11.3 Å². The molecule has 2 aliphatic heterocycles. The molecule has 0 aliphatic carbocycles. The van der Waals surface area contributed by atoms with E-state index in [0.717, 1.165) is 39.5 Å². The van der Waals surface area contributed by atoms with E-state index in [2.05, 4.69) is 9.88 Å². The van der Waals surface area contributed by atoms with Crippen molar-refractivity contribution in [2.45, 2.75) is 13.2 Å². The molecule has 0 aromatic carbocycles. The average molecular weight is 314 g/mol. The largest absolute Gasteiger partial charge is 0.472 e. The predicted octanol–water partition coefficient (Wildman–Crippen LogP) is 2.34. The van der Waals surface area contributed by atoms with Crippen molar-refractivity contribution < 1.29 is 13.9 Å². The number of hydrogen-bond donors (Lipinski definition) is 0. The molecule has 4 heterocycles. The van der Waals surface area contributed by atoms with Crippen LogP contribution in [0.4, 0.5) is 0 Å². The fourth-order valence-electron chi connectivity index (χ4n) is 3.76. The van der Waals surface area contributed by atoms with Gasteiger partial charge in [-0.3, -0.25) is 9.88 Å². The zero-order chi connectivity index (χ0) is 15.5. The van der Waals surface area contributed by atoms with Gasteiger partial charge in [0.15, 0.2) is 0 Å². The maximum atomic E-state index is 6.04. The van der Waals surface area contributed by atoms with Crippen LogP contribution in [0.1, 0.15) is 11.1 Å².